The van der Waals surface area contributed by atoms with Gasteiger partial charge in [0, 0.05) is 5.39 Å². The maximum absolute atomic E-state index is 11.3. The van der Waals surface area contributed by atoms with Crippen LogP contribution in [-0.2, 0) is 21.1 Å². The maximum atomic E-state index is 11.3. The minimum atomic E-state index is -4.96. The molecule has 1 unspecified atom stereocenters. The van der Waals surface area contributed by atoms with E-state index in [1.54, 1.807) is 42.7 Å². The second-order valence-electron chi connectivity index (χ2n) is 6.32. The van der Waals surface area contributed by atoms with Crippen LogP contribution in [0.3, 0.4) is 0 Å². The van der Waals surface area contributed by atoms with Crippen LogP contribution in [0.5, 0.6) is 11.5 Å². The van der Waals surface area contributed by atoms with Crippen molar-refractivity contribution in [2.75, 3.05) is 0 Å². The van der Waals surface area contributed by atoms with Crippen molar-refractivity contribution in [1.82, 2.24) is 0 Å². The van der Waals surface area contributed by atoms with Crippen molar-refractivity contribution in [1.29, 1.82) is 0 Å². The normalized spacial score (nSPS) is 12.2. The summed E-state index contributed by atoms with van der Waals surface area (Å²) in [5, 5.41) is 0.905. The van der Waals surface area contributed by atoms with Crippen molar-refractivity contribution in [2.45, 2.75) is 24.3 Å². The smallest absolute Gasteiger partial charge is 1.00 e. The molecule has 0 aliphatic heterocycles. The molecule has 1 atom stereocenters. The standard InChI is InChI=1S/C18H19O8PS.3K.3H/c19-27(20,21)18(28(22,23)24)6-2-4-13-3-1-5-15(11-13)26-16-7-8-17-14(12-16)9-10-25-17;;;;;;/h1,3,5,7-12,18H,2,4,6H2,(H2,19,20,21)(H,22,23,24);;;;;;/q;3*+1;3*-1. The van der Waals surface area contributed by atoms with Gasteiger partial charge in [0.1, 0.15) is 17.1 Å². The average molecular weight is 547 g/mol. The van der Waals surface area contributed by atoms with Crippen molar-refractivity contribution in [3.05, 3.63) is 60.4 Å². The van der Waals surface area contributed by atoms with Gasteiger partial charge in [0.15, 0.2) is 4.99 Å². The van der Waals surface area contributed by atoms with E-state index in [0.717, 1.165) is 16.5 Å². The summed E-state index contributed by atoms with van der Waals surface area (Å²) < 4.78 is 53.8. The molecule has 156 valence electrons. The van der Waals surface area contributed by atoms with Crippen molar-refractivity contribution in [3.63, 3.8) is 0 Å². The Bertz CT molecular complexity index is 1140. The second kappa shape index (κ2) is 15.1. The predicted molar refractivity (Wildman–Crippen MR) is 106 cm³/mol. The molecule has 1 aromatic heterocycles. The molecule has 0 amide bonds. The quantitative estimate of drug-likeness (QED) is 0.146. The first-order valence-corrected chi connectivity index (χ1v) is 11.6. The fourth-order valence-corrected chi connectivity index (χ4v) is 5.25. The van der Waals surface area contributed by atoms with Crippen LogP contribution in [0, 0.1) is 0 Å². The molecule has 0 bridgehead atoms. The third-order valence-corrected chi connectivity index (χ3v) is 7.75. The van der Waals surface area contributed by atoms with Crippen LogP contribution in [0.1, 0.15) is 22.7 Å². The Balaban J connectivity index is -0.000000750. The molecule has 1 heterocycles. The molecule has 31 heavy (non-hydrogen) atoms. The molecule has 3 rings (SSSR count). The van der Waals surface area contributed by atoms with E-state index in [1.807, 2.05) is 12.1 Å². The fraction of sp³-hybridized carbons (Fsp3) is 0.222. The summed E-state index contributed by atoms with van der Waals surface area (Å²) >= 11 is 0. The number of fused-ring (bicyclic) bond motifs is 1. The molecule has 0 saturated carbocycles. The SMILES string of the molecule is O=P(O)(O)C(CCCc1cccc(Oc2ccc3occc3c2)c1)S(=O)(=O)O.[H-].[H-].[H-].[K+].[K+].[K+]. The van der Waals surface area contributed by atoms with E-state index in [4.69, 9.17) is 23.5 Å². The molecule has 0 fully saturated rings. The molecule has 13 heteroatoms. The first-order chi connectivity index (χ1) is 13.1. The topological polar surface area (TPSA) is 134 Å². The van der Waals surface area contributed by atoms with Crippen LogP contribution in [-0.4, -0.2) is 27.7 Å². The van der Waals surface area contributed by atoms with E-state index in [0.29, 0.717) is 17.9 Å². The Kier molecular flexibility index (Phi) is 16.4. The van der Waals surface area contributed by atoms with Gasteiger partial charge in [-0.25, -0.2) is 0 Å². The molecule has 0 spiro atoms. The molecular formula is C18H22K3O8PS. The molecule has 0 saturated heterocycles. The van der Waals surface area contributed by atoms with E-state index in [1.165, 1.54) is 0 Å². The van der Waals surface area contributed by atoms with Crippen LogP contribution in [0.2, 0.25) is 0 Å². The summed E-state index contributed by atoms with van der Waals surface area (Å²) in [6.07, 6.45) is 1.77. The first-order valence-electron chi connectivity index (χ1n) is 8.38. The van der Waals surface area contributed by atoms with Gasteiger partial charge < -0.3 is 23.2 Å². The zero-order chi connectivity index (χ0) is 20.4. The summed E-state index contributed by atoms with van der Waals surface area (Å²) in [6, 6.07) is 14.3. The van der Waals surface area contributed by atoms with E-state index in [-0.39, 0.29) is 171 Å². The third-order valence-electron chi connectivity index (χ3n) is 4.19. The summed E-state index contributed by atoms with van der Waals surface area (Å²) in [5.74, 6) is 1.20. The largest absolute Gasteiger partial charge is 1.00 e. The minimum absolute atomic E-state index is 0. The van der Waals surface area contributed by atoms with Crippen LogP contribution in [0.15, 0.2) is 59.2 Å². The molecule has 0 aliphatic carbocycles. The van der Waals surface area contributed by atoms with Crippen LogP contribution in [0.25, 0.3) is 11.0 Å². The fourth-order valence-electron chi connectivity index (χ4n) is 2.88. The van der Waals surface area contributed by atoms with Gasteiger partial charge in [0.05, 0.1) is 6.26 Å². The summed E-state index contributed by atoms with van der Waals surface area (Å²) in [5.41, 5.74) is 1.56. The van der Waals surface area contributed by atoms with Crippen LogP contribution >= 0.6 is 7.60 Å². The average Bonchev–Trinajstić information content (AvgIpc) is 3.04. The first kappa shape index (κ1) is 33.7. The van der Waals surface area contributed by atoms with Crippen molar-refractivity contribution in [2.24, 2.45) is 0 Å². The number of ether oxygens (including phenoxy) is 1. The third kappa shape index (κ3) is 10.7. The van der Waals surface area contributed by atoms with Gasteiger partial charge in [-0.3, -0.25) is 9.12 Å². The number of furan rings is 1. The van der Waals surface area contributed by atoms with Crippen molar-refractivity contribution >= 4 is 28.7 Å². The van der Waals surface area contributed by atoms with Gasteiger partial charge in [-0.2, -0.15) is 8.42 Å². The Hall–Kier alpha value is 2.75. The maximum Gasteiger partial charge on any atom is 1.00 e. The molecule has 8 nitrogen and oxygen atoms in total. The predicted octanol–water partition coefficient (Wildman–Crippen LogP) is -4.71. The van der Waals surface area contributed by atoms with Gasteiger partial charge in [-0.15, -0.1) is 0 Å². The summed E-state index contributed by atoms with van der Waals surface area (Å²) in [4.78, 5) is 16.1. The molecule has 3 N–H and O–H groups in total. The molecule has 0 radical (unpaired) electrons. The second-order valence-corrected chi connectivity index (χ2v) is 10.1. The van der Waals surface area contributed by atoms with Gasteiger partial charge in [-0.05, 0) is 61.2 Å². The minimum Gasteiger partial charge on any atom is -1.00 e. The summed E-state index contributed by atoms with van der Waals surface area (Å²) in [7, 11) is -9.79. The molecule has 2 aromatic carbocycles. The van der Waals surface area contributed by atoms with Gasteiger partial charge in [0.2, 0.25) is 0 Å². The molecule has 0 aliphatic rings. The van der Waals surface area contributed by atoms with E-state index < -0.39 is 22.7 Å². The van der Waals surface area contributed by atoms with Crippen LogP contribution < -0.4 is 159 Å². The van der Waals surface area contributed by atoms with E-state index in [9.17, 15) is 13.0 Å². The number of aryl methyl sites for hydroxylation is 1. The summed E-state index contributed by atoms with van der Waals surface area (Å²) in [6.45, 7) is 0. The Morgan fingerprint density at radius 3 is 2.35 bits per heavy atom. The molecule has 3 aromatic rings. The van der Waals surface area contributed by atoms with Gasteiger partial charge >= 0.3 is 162 Å². The van der Waals surface area contributed by atoms with Crippen molar-refractivity contribution in [3.8, 4) is 11.5 Å². The number of hydrogen-bond acceptors (Lipinski definition) is 5. The van der Waals surface area contributed by atoms with Crippen molar-refractivity contribution < 1.29 is 195 Å². The number of hydrogen-bond donors (Lipinski definition) is 3. The zero-order valence-corrected chi connectivity index (χ0v) is 28.7. The van der Waals surface area contributed by atoms with E-state index >= 15 is 0 Å². The van der Waals surface area contributed by atoms with Gasteiger partial charge in [-0.1, -0.05) is 12.1 Å². The Labute approximate surface area is 312 Å². The van der Waals surface area contributed by atoms with Crippen LogP contribution in [0.4, 0.5) is 0 Å². The Morgan fingerprint density at radius 1 is 1.03 bits per heavy atom. The zero-order valence-electron chi connectivity index (χ0n) is 20.6. The number of benzene rings is 2. The van der Waals surface area contributed by atoms with Gasteiger partial charge in [0.25, 0.3) is 10.1 Å². The molecular weight excluding hydrogens is 525 g/mol. The monoisotopic (exact) mass is 546 g/mol. The van der Waals surface area contributed by atoms with E-state index in [2.05, 4.69) is 0 Å². The number of rotatable bonds is 8. The Morgan fingerprint density at radius 2 is 1.71 bits per heavy atom.